The predicted octanol–water partition coefficient (Wildman–Crippen LogP) is -0.206. The topological polar surface area (TPSA) is 117 Å². The molecule has 20 heavy (non-hydrogen) atoms. The maximum atomic E-state index is 11.5. The third kappa shape index (κ3) is 4.35. The molecule has 0 saturated heterocycles. The lowest BCUT2D eigenvalue weighted by Gasteiger charge is -2.13. The summed E-state index contributed by atoms with van der Waals surface area (Å²) >= 11 is 0. The second kappa shape index (κ2) is 6.06. The number of furan rings is 1. The van der Waals surface area contributed by atoms with Crippen LogP contribution in [0.2, 0.25) is 0 Å². The molecule has 0 saturated carbocycles. The van der Waals surface area contributed by atoms with Crippen LogP contribution < -0.4 is 5.32 Å². The van der Waals surface area contributed by atoms with Crippen LogP contribution in [-0.4, -0.2) is 49.6 Å². The first kappa shape index (κ1) is 16.2. The molecule has 0 fully saturated rings. The second-order valence-electron chi connectivity index (χ2n) is 4.28. The standard InChI is InChI=1S/C11H16N2O6S/c1-7-9(11(15)16)4-8(19-7)5-12-10(14)6-13(2)20(3,17)18/h4H,5-6H2,1-3H3,(H,12,14)(H,15,16). The number of rotatable bonds is 6. The van der Waals surface area contributed by atoms with Crippen LogP contribution in [0.4, 0.5) is 0 Å². The number of carboxylic acids is 1. The number of aryl methyl sites for hydroxylation is 1. The summed E-state index contributed by atoms with van der Waals surface area (Å²) < 4.78 is 28.3. The Kier molecular flexibility index (Phi) is 4.90. The number of carboxylic acid groups (broad SMARTS) is 1. The summed E-state index contributed by atoms with van der Waals surface area (Å²) in [7, 11) is -2.14. The molecule has 0 spiro atoms. The number of carbonyl (C=O) groups excluding carboxylic acids is 1. The van der Waals surface area contributed by atoms with Gasteiger partial charge in [0, 0.05) is 7.05 Å². The Hall–Kier alpha value is -1.87. The van der Waals surface area contributed by atoms with Crippen LogP contribution in [0.1, 0.15) is 21.9 Å². The molecule has 1 heterocycles. The molecule has 1 aromatic heterocycles. The van der Waals surface area contributed by atoms with E-state index in [2.05, 4.69) is 5.32 Å². The molecule has 0 aromatic carbocycles. The van der Waals surface area contributed by atoms with Crippen molar-refractivity contribution in [1.82, 2.24) is 9.62 Å². The number of amides is 1. The highest BCUT2D eigenvalue weighted by Crippen LogP contribution is 2.14. The SMILES string of the molecule is Cc1oc(CNC(=O)CN(C)S(C)(=O)=O)cc1C(=O)O. The Morgan fingerprint density at radius 1 is 1.45 bits per heavy atom. The number of hydrogen-bond donors (Lipinski definition) is 2. The molecule has 0 atom stereocenters. The van der Waals surface area contributed by atoms with E-state index < -0.39 is 21.9 Å². The molecule has 8 nitrogen and oxygen atoms in total. The highest BCUT2D eigenvalue weighted by atomic mass is 32.2. The molecule has 0 radical (unpaired) electrons. The average molecular weight is 304 g/mol. The first-order valence-corrected chi connectivity index (χ1v) is 7.46. The van der Waals surface area contributed by atoms with Gasteiger partial charge in [0.2, 0.25) is 15.9 Å². The van der Waals surface area contributed by atoms with Crippen LogP contribution in [0.3, 0.4) is 0 Å². The average Bonchev–Trinajstić information content (AvgIpc) is 2.66. The lowest BCUT2D eigenvalue weighted by atomic mass is 10.2. The van der Waals surface area contributed by atoms with E-state index in [1.54, 1.807) is 0 Å². The predicted molar refractivity (Wildman–Crippen MR) is 69.7 cm³/mol. The quantitative estimate of drug-likeness (QED) is 0.751. The molecule has 0 bridgehead atoms. The van der Waals surface area contributed by atoms with Crippen molar-refractivity contribution in [2.24, 2.45) is 0 Å². The van der Waals surface area contributed by atoms with Crippen LogP contribution in [-0.2, 0) is 21.4 Å². The van der Waals surface area contributed by atoms with Crippen molar-refractivity contribution in [3.05, 3.63) is 23.2 Å². The molecule has 1 amide bonds. The van der Waals surface area contributed by atoms with Crippen LogP contribution >= 0.6 is 0 Å². The normalized spacial score (nSPS) is 11.6. The molecule has 1 aromatic rings. The number of likely N-dealkylation sites (N-methyl/N-ethyl adjacent to an activating group) is 1. The first-order valence-electron chi connectivity index (χ1n) is 5.62. The van der Waals surface area contributed by atoms with E-state index >= 15 is 0 Å². The van der Waals surface area contributed by atoms with Gasteiger partial charge in [-0.3, -0.25) is 4.79 Å². The molecule has 1 rings (SSSR count). The van der Waals surface area contributed by atoms with E-state index in [1.165, 1.54) is 20.0 Å². The summed E-state index contributed by atoms with van der Waals surface area (Å²) in [4.78, 5) is 22.3. The number of aromatic carboxylic acids is 1. The van der Waals surface area contributed by atoms with Gasteiger partial charge in [-0.1, -0.05) is 0 Å². The van der Waals surface area contributed by atoms with Crippen molar-refractivity contribution in [2.45, 2.75) is 13.5 Å². The number of nitrogens with one attached hydrogen (secondary N) is 1. The Bertz CT molecular complexity index is 619. The molecule has 112 valence electrons. The molecule has 2 N–H and O–H groups in total. The largest absolute Gasteiger partial charge is 0.478 e. The van der Waals surface area contributed by atoms with E-state index in [4.69, 9.17) is 9.52 Å². The summed E-state index contributed by atoms with van der Waals surface area (Å²) in [5.41, 5.74) is 0.0301. The van der Waals surface area contributed by atoms with Gasteiger partial charge in [0.1, 0.15) is 17.1 Å². The van der Waals surface area contributed by atoms with E-state index in [1.807, 2.05) is 0 Å². The third-order valence-electron chi connectivity index (χ3n) is 2.59. The van der Waals surface area contributed by atoms with Crippen molar-refractivity contribution in [3.63, 3.8) is 0 Å². The Morgan fingerprint density at radius 2 is 2.05 bits per heavy atom. The van der Waals surface area contributed by atoms with E-state index in [9.17, 15) is 18.0 Å². The zero-order valence-corrected chi connectivity index (χ0v) is 12.2. The first-order chi connectivity index (χ1) is 9.11. The number of hydrogen-bond acceptors (Lipinski definition) is 5. The van der Waals surface area contributed by atoms with Gasteiger partial charge < -0.3 is 14.8 Å². The second-order valence-corrected chi connectivity index (χ2v) is 6.37. The fourth-order valence-corrected chi connectivity index (χ4v) is 1.76. The van der Waals surface area contributed by atoms with Crippen molar-refractivity contribution >= 4 is 21.9 Å². The minimum absolute atomic E-state index is 0.00937. The number of carbonyl (C=O) groups is 2. The van der Waals surface area contributed by atoms with Gasteiger partial charge in [-0.25, -0.2) is 13.2 Å². The minimum atomic E-state index is -3.42. The van der Waals surface area contributed by atoms with Crippen molar-refractivity contribution in [3.8, 4) is 0 Å². The van der Waals surface area contributed by atoms with Crippen molar-refractivity contribution in [2.75, 3.05) is 19.8 Å². The van der Waals surface area contributed by atoms with E-state index in [0.717, 1.165) is 10.6 Å². The summed E-state index contributed by atoms with van der Waals surface area (Å²) in [5, 5.41) is 11.3. The van der Waals surface area contributed by atoms with Crippen LogP contribution in [0.5, 0.6) is 0 Å². The maximum Gasteiger partial charge on any atom is 0.339 e. The number of sulfonamides is 1. The van der Waals surface area contributed by atoms with Crippen LogP contribution in [0.25, 0.3) is 0 Å². The number of nitrogens with zero attached hydrogens (tertiary/aromatic N) is 1. The lowest BCUT2D eigenvalue weighted by molar-refractivity contribution is -0.121. The van der Waals surface area contributed by atoms with E-state index in [0.29, 0.717) is 0 Å². The molecule has 9 heteroatoms. The lowest BCUT2D eigenvalue weighted by Crippen LogP contribution is -2.37. The van der Waals surface area contributed by atoms with Gasteiger partial charge in [0.05, 0.1) is 19.3 Å². The molecule has 0 unspecified atom stereocenters. The van der Waals surface area contributed by atoms with Gasteiger partial charge in [-0.2, -0.15) is 4.31 Å². The molecule has 0 aliphatic carbocycles. The Labute approximate surface area is 116 Å². The summed E-state index contributed by atoms with van der Waals surface area (Å²) in [6.07, 6.45) is 0.995. The Morgan fingerprint density at radius 3 is 2.50 bits per heavy atom. The molecule has 0 aliphatic rings. The van der Waals surface area contributed by atoms with Gasteiger partial charge in [0.15, 0.2) is 0 Å². The fraction of sp³-hybridized carbons (Fsp3) is 0.455. The zero-order valence-electron chi connectivity index (χ0n) is 11.3. The summed E-state index contributed by atoms with van der Waals surface area (Å²) in [6, 6.07) is 1.32. The summed E-state index contributed by atoms with van der Waals surface area (Å²) in [5.74, 6) is -1.09. The van der Waals surface area contributed by atoms with Gasteiger partial charge in [-0.05, 0) is 13.0 Å². The Balaban J connectivity index is 2.58. The summed E-state index contributed by atoms with van der Waals surface area (Å²) in [6.45, 7) is 1.18. The minimum Gasteiger partial charge on any atom is -0.478 e. The van der Waals surface area contributed by atoms with Crippen LogP contribution in [0.15, 0.2) is 10.5 Å². The highest BCUT2D eigenvalue weighted by Gasteiger charge is 2.17. The highest BCUT2D eigenvalue weighted by molar-refractivity contribution is 7.88. The van der Waals surface area contributed by atoms with Gasteiger partial charge in [-0.15, -0.1) is 0 Å². The third-order valence-corrected chi connectivity index (χ3v) is 3.85. The van der Waals surface area contributed by atoms with Gasteiger partial charge >= 0.3 is 5.97 Å². The molecule has 0 aliphatic heterocycles. The zero-order chi connectivity index (χ0) is 15.5. The smallest absolute Gasteiger partial charge is 0.339 e. The fourth-order valence-electron chi connectivity index (χ4n) is 1.40. The van der Waals surface area contributed by atoms with Crippen LogP contribution in [0, 0.1) is 6.92 Å². The van der Waals surface area contributed by atoms with E-state index in [-0.39, 0.29) is 30.2 Å². The monoisotopic (exact) mass is 304 g/mol. The van der Waals surface area contributed by atoms with Crippen molar-refractivity contribution in [1.29, 1.82) is 0 Å². The maximum absolute atomic E-state index is 11.5. The molecular formula is C11H16N2O6S. The van der Waals surface area contributed by atoms with Gasteiger partial charge in [0.25, 0.3) is 0 Å². The molecular weight excluding hydrogens is 288 g/mol. The van der Waals surface area contributed by atoms with Crippen molar-refractivity contribution < 1.29 is 27.5 Å².